The molecule has 12 heavy (non-hydrogen) atoms. The fourth-order valence-electron chi connectivity index (χ4n) is 1.52. The monoisotopic (exact) mass is 166 g/mol. The lowest BCUT2D eigenvalue weighted by Gasteiger charge is -2.13. The quantitative estimate of drug-likeness (QED) is 0.677. The molecular weight excluding hydrogens is 152 g/mol. The Bertz CT molecular complexity index is 276. The van der Waals surface area contributed by atoms with E-state index >= 15 is 0 Å². The summed E-state index contributed by atoms with van der Waals surface area (Å²) in [4.78, 5) is 0. The molecule has 0 bridgehead atoms. The maximum Gasteiger partial charge on any atom is 0.0861 e. The largest absolute Gasteiger partial charge is 0.382 e. The molecule has 1 saturated carbocycles. The van der Waals surface area contributed by atoms with Gasteiger partial charge in [-0.1, -0.05) is 0 Å². The van der Waals surface area contributed by atoms with E-state index in [2.05, 4.69) is 18.2 Å². The average Bonchev–Trinajstić information content (AvgIpc) is 2.69. The van der Waals surface area contributed by atoms with Crippen LogP contribution in [0.25, 0.3) is 0 Å². The zero-order valence-corrected chi connectivity index (χ0v) is 7.58. The Labute approximate surface area is 72.3 Å². The van der Waals surface area contributed by atoms with Gasteiger partial charge in [-0.15, -0.1) is 0 Å². The van der Waals surface area contributed by atoms with Crippen molar-refractivity contribution in [1.82, 2.24) is 9.78 Å². The molecule has 3 heteroatoms. The minimum Gasteiger partial charge on any atom is -0.382 e. The molecule has 0 unspecified atom stereocenters. The van der Waals surface area contributed by atoms with E-state index in [9.17, 15) is 0 Å². The van der Waals surface area contributed by atoms with Crippen molar-refractivity contribution in [3.63, 3.8) is 0 Å². The van der Waals surface area contributed by atoms with E-state index in [0.717, 1.165) is 6.61 Å². The number of ether oxygens (including phenoxy) is 1. The van der Waals surface area contributed by atoms with Crippen molar-refractivity contribution in [2.24, 2.45) is 0 Å². The molecule has 1 aromatic rings. The van der Waals surface area contributed by atoms with Crippen LogP contribution in [0.4, 0.5) is 0 Å². The number of hydrogen-bond donors (Lipinski definition) is 0. The molecule has 0 spiro atoms. The number of aromatic nitrogens is 2. The van der Waals surface area contributed by atoms with E-state index in [4.69, 9.17) is 4.74 Å². The molecule has 1 aromatic heterocycles. The molecule has 3 nitrogen and oxygen atoms in total. The van der Waals surface area contributed by atoms with Crippen molar-refractivity contribution >= 4 is 0 Å². The first-order valence-electron chi connectivity index (χ1n) is 4.27. The van der Waals surface area contributed by atoms with Gasteiger partial charge < -0.3 is 4.74 Å². The zero-order chi connectivity index (χ0) is 8.60. The maximum atomic E-state index is 5.17. The van der Waals surface area contributed by atoms with Gasteiger partial charge >= 0.3 is 0 Å². The van der Waals surface area contributed by atoms with Gasteiger partial charge in [-0.2, -0.15) is 5.10 Å². The second-order valence-electron chi connectivity index (χ2n) is 3.62. The molecule has 0 saturated heterocycles. The summed E-state index contributed by atoms with van der Waals surface area (Å²) >= 11 is 0. The molecule has 1 aliphatic carbocycles. The van der Waals surface area contributed by atoms with Gasteiger partial charge in [-0.05, 0) is 25.3 Å². The molecule has 0 N–H and O–H groups in total. The van der Waals surface area contributed by atoms with Gasteiger partial charge in [-0.3, -0.25) is 4.68 Å². The van der Waals surface area contributed by atoms with Gasteiger partial charge in [0.05, 0.1) is 18.3 Å². The number of nitrogens with zero attached hydrogens (tertiary/aromatic N) is 2. The maximum absolute atomic E-state index is 5.17. The first-order valence-corrected chi connectivity index (χ1v) is 4.27. The first-order chi connectivity index (χ1) is 5.77. The average molecular weight is 166 g/mol. The van der Waals surface area contributed by atoms with Crippen LogP contribution < -0.4 is 0 Å². The summed E-state index contributed by atoms with van der Waals surface area (Å²) in [5.41, 5.74) is 1.42. The highest BCUT2D eigenvalue weighted by atomic mass is 16.5. The Kier molecular flexibility index (Phi) is 1.68. The van der Waals surface area contributed by atoms with Crippen LogP contribution in [-0.2, 0) is 10.3 Å². The van der Waals surface area contributed by atoms with E-state index < -0.39 is 0 Å². The van der Waals surface area contributed by atoms with Crippen molar-refractivity contribution in [3.8, 4) is 0 Å². The van der Waals surface area contributed by atoms with Gasteiger partial charge in [0.25, 0.3) is 0 Å². The number of rotatable bonds is 3. The van der Waals surface area contributed by atoms with Crippen LogP contribution in [0.2, 0.25) is 0 Å². The molecule has 0 amide bonds. The SMILES string of the molecule is COCC1(n2cc(C)cn2)CC1. The molecule has 2 rings (SSSR count). The lowest BCUT2D eigenvalue weighted by atomic mass is 10.3. The number of hydrogen-bond acceptors (Lipinski definition) is 2. The third kappa shape index (κ3) is 1.14. The van der Waals surface area contributed by atoms with E-state index in [0.29, 0.717) is 0 Å². The third-order valence-electron chi connectivity index (χ3n) is 2.44. The topological polar surface area (TPSA) is 27.1 Å². The second kappa shape index (κ2) is 2.59. The molecule has 1 fully saturated rings. The zero-order valence-electron chi connectivity index (χ0n) is 7.58. The van der Waals surface area contributed by atoms with Crippen molar-refractivity contribution in [1.29, 1.82) is 0 Å². The highest BCUT2D eigenvalue weighted by molar-refractivity contribution is 5.07. The van der Waals surface area contributed by atoms with Gasteiger partial charge in [0.2, 0.25) is 0 Å². The van der Waals surface area contributed by atoms with Gasteiger partial charge in [0, 0.05) is 13.3 Å². The highest BCUT2D eigenvalue weighted by Crippen LogP contribution is 2.43. The molecule has 0 aliphatic heterocycles. The molecular formula is C9H14N2O. The summed E-state index contributed by atoms with van der Waals surface area (Å²) in [7, 11) is 1.75. The molecule has 1 aliphatic rings. The normalized spacial score (nSPS) is 19.5. The van der Waals surface area contributed by atoms with Crippen LogP contribution in [0.1, 0.15) is 18.4 Å². The Morgan fingerprint density at radius 1 is 1.67 bits per heavy atom. The lowest BCUT2D eigenvalue weighted by Crippen LogP contribution is -2.23. The minimum absolute atomic E-state index is 0.197. The van der Waals surface area contributed by atoms with Crippen molar-refractivity contribution in [2.75, 3.05) is 13.7 Å². The summed E-state index contributed by atoms with van der Waals surface area (Å²) < 4.78 is 7.22. The first kappa shape index (κ1) is 7.80. The van der Waals surface area contributed by atoms with E-state index in [1.807, 2.05) is 10.9 Å². The van der Waals surface area contributed by atoms with Crippen LogP contribution >= 0.6 is 0 Å². The van der Waals surface area contributed by atoms with E-state index in [-0.39, 0.29) is 5.54 Å². The molecule has 0 atom stereocenters. The second-order valence-corrected chi connectivity index (χ2v) is 3.62. The van der Waals surface area contributed by atoms with Crippen LogP contribution in [0.15, 0.2) is 12.4 Å². The predicted octanol–water partition coefficient (Wildman–Crippen LogP) is 1.33. The Morgan fingerprint density at radius 3 is 2.83 bits per heavy atom. The van der Waals surface area contributed by atoms with Gasteiger partial charge in [0.15, 0.2) is 0 Å². The predicted molar refractivity (Wildman–Crippen MR) is 46.0 cm³/mol. The van der Waals surface area contributed by atoms with Crippen LogP contribution in [0.5, 0.6) is 0 Å². The fraction of sp³-hybridized carbons (Fsp3) is 0.667. The van der Waals surface area contributed by atoms with Gasteiger partial charge in [-0.25, -0.2) is 0 Å². The molecule has 0 radical (unpaired) electrons. The van der Waals surface area contributed by atoms with Crippen LogP contribution in [0, 0.1) is 6.92 Å². The standard InChI is InChI=1S/C9H14N2O/c1-8-5-10-11(6-8)9(3-4-9)7-12-2/h5-6H,3-4,7H2,1-2H3. The highest BCUT2D eigenvalue weighted by Gasteiger charge is 2.45. The van der Waals surface area contributed by atoms with Crippen molar-refractivity contribution < 1.29 is 4.74 Å². The third-order valence-corrected chi connectivity index (χ3v) is 2.44. The summed E-state index contributed by atoms with van der Waals surface area (Å²) in [5.74, 6) is 0. The van der Waals surface area contributed by atoms with Crippen molar-refractivity contribution in [3.05, 3.63) is 18.0 Å². The van der Waals surface area contributed by atoms with E-state index in [1.165, 1.54) is 18.4 Å². The van der Waals surface area contributed by atoms with Crippen molar-refractivity contribution in [2.45, 2.75) is 25.3 Å². The van der Waals surface area contributed by atoms with Gasteiger partial charge in [0.1, 0.15) is 0 Å². The summed E-state index contributed by atoms with van der Waals surface area (Å²) in [6.07, 6.45) is 6.38. The number of methoxy groups -OCH3 is 1. The Hall–Kier alpha value is -0.830. The minimum atomic E-state index is 0.197. The van der Waals surface area contributed by atoms with E-state index in [1.54, 1.807) is 7.11 Å². The smallest absolute Gasteiger partial charge is 0.0861 e. The molecule has 1 heterocycles. The summed E-state index contributed by atoms with van der Waals surface area (Å²) in [5, 5.41) is 4.31. The fourth-order valence-corrected chi connectivity index (χ4v) is 1.52. The Morgan fingerprint density at radius 2 is 2.42 bits per heavy atom. The summed E-state index contributed by atoms with van der Waals surface area (Å²) in [6.45, 7) is 2.85. The van der Waals surface area contributed by atoms with Crippen LogP contribution in [0.3, 0.4) is 0 Å². The molecule has 0 aromatic carbocycles. The summed E-state index contributed by atoms with van der Waals surface area (Å²) in [6, 6.07) is 0. The molecule has 66 valence electrons. The Balaban J connectivity index is 2.18. The number of aryl methyl sites for hydroxylation is 1. The van der Waals surface area contributed by atoms with Crippen LogP contribution in [-0.4, -0.2) is 23.5 Å². The lowest BCUT2D eigenvalue weighted by molar-refractivity contribution is 0.137.